The van der Waals surface area contributed by atoms with E-state index in [9.17, 15) is 9.59 Å². The summed E-state index contributed by atoms with van der Waals surface area (Å²) in [4.78, 5) is 28.3. The van der Waals surface area contributed by atoms with Gasteiger partial charge in [0, 0.05) is 13.1 Å². The Bertz CT molecular complexity index is 614. The molecule has 1 saturated heterocycles. The highest BCUT2D eigenvalue weighted by Gasteiger charge is 2.49. The molecule has 1 heterocycles. The van der Waals surface area contributed by atoms with Crippen molar-refractivity contribution in [3.8, 4) is 0 Å². The van der Waals surface area contributed by atoms with Gasteiger partial charge in [0.2, 0.25) is 0 Å². The van der Waals surface area contributed by atoms with Gasteiger partial charge in [-0.1, -0.05) is 42.0 Å². The molecule has 1 atom stereocenters. The Labute approximate surface area is 137 Å². The van der Waals surface area contributed by atoms with Crippen molar-refractivity contribution in [3.63, 3.8) is 0 Å². The molecule has 0 aromatic heterocycles. The third-order valence-corrected chi connectivity index (χ3v) is 4.02. The zero-order valence-corrected chi connectivity index (χ0v) is 13.7. The molecule has 3 amide bonds. The van der Waals surface area contributed by atoms with E-state index in [0.29, 0.717) is 13.1 Å². The number of hydrogen-bond acceptors (Lipinski definition) is 3. The van der Waals surface area contributed by atoms with E-state index >= 15 is 0 Å². The topological polar surface area (TPSA) is 52.6 Å². The number of hydrogen-bond donors (Lipinski definition) is 1. The predicted molar refractivity (Wildman–Crippen MR) is 90.7 cm³/mol. The summed E-state index contributed by atoms with van der Waals surface area (Å²) in [5, 5.41) is 2.81. The van der Waals surface area contributed by atoms with E-state index in [2.05, 4.69) is 18.5 Å². The summed E-state index contributed by atoms with van der Waals surface area (Å²) in [5.41, 5.74) is 0.857. The van der Waals surface area contributed by atoms with Crippen LogP contribution >= 0.6 is 0 Å². The maximum Gasteiger partial charge on any atom is 0.326 e. The molecule has 1 aliphatic rings. The Kier molecular flexibility index (Phi) is 5.01. The van der Waals surface area contributed by atoms with Crippen LogP contribution in [-0.2, 0) is 10.3 Å². The highest BCUT2D eigenvalue weighted by atomic mass is 16.2. The van der Waals surface area contributed by atoms with Gasteiger partial charge in [-0.2, -0.15) is 0 Å². The van der Waals surface area contributed by atoms with Crippen molar-refractivity contribution in [2.45, 2.75) is 19.4 Å². The van der Waals surface area contributed by atoms with Crippen molar-refractivity contribution in [3.05, 3.63) is 60.7 Å². The van der Waals surface area contributed by atoms with Gasteiger partial charge in [-0.25, -0.2) is 9.69 Å². The van der Waals surface area contributed by atoms with Gasteiger partial charge in [-0.05, 0) is 19.4 Å². The first kappa shape index (κ1) is 17.0. The normalized spacial score (nSPS) is 20.7. The first-order chi connectivity index (χ1) is 10.9. The number of aryl methyl sites for hydroxylation is 1. The molecule has 5 heteroatoms. The summed E-state index contributed by atoms with van der Waals surface area (Å²) < 4.78 is 0. The van der Waals surface area contributed by atoms with Crippen molar-refractivity contribution in [1.82, 2.24) is 15.1 Å². The number of benzene rings is 1. The SMILES string of the molecule is C=CCN(CC=C)CN1C(=O)NC(C)(c2ccc(C)cc2)C1=O. The van der Waals surface area contributed by atoms with Crippen LogP contribution in [0.4, 0.5) is 4.79 Å². The van der Waals surface area contributed by atoms with Crippen LogP contribution in [0.25, 0.3) is 0 Å². The van der Waals surface area contributed by atoms with Crippen molar-refractivity contribution in [2.24, 2.45) is 0 Å². The second-order valence-electron chi connectivity index (χ2n) is 5.91. The van der Waals surface area contributed by atoms with Crippen molar-refractivity contribution in [2.75, 3.05) is 19.8 Å². The molecule has 0 spiro atoms. The minimum Gasteiger partial charge on any atom is -0.319 e. The van der Waals surface area contributed by atoms with E-state index in [1.165, 1.54) is 4.90 Å². The molecule has 0 saturated carbocycles. The lowest BCUT2D eigenvalue weighted by Crippen LogP contribution is -2.44. The van der Waals surface area contributed by atoms with Crippen LogP contribution < -0.4 is 5.32 Å². The molecule has 1 aromatic rings. The average molecular weight is 313 g/mol. The lowest BCUT2D eigenvalue weighted by molar-refractivity contribution is -0.132. The Morgan fingerprint density at radius 1 is 1.17 bits per heavy atom. The molecule has 1 aromatic carbocycles. The molecule has 1 aliphatic heterocycles. The highest BCUT2D eigenvalue weighted by molar-refractivity contribution is 6.07. The van der Waals surface area contributed by atoms with E-state index < -0.39 is 5.54 Å². The molecule has 1 N–H and O–H groups in total. The molecular formula is C18H23N3O2. The maximum absolute atomic E-state index is 12.8. The monoisotopic (exact) mass is 313 g/mol. The summed E-state index contributed by atoms with van der Waals surface area (Å²) in [5.74, 6) is -0.246. The van der Waals surface area contributed by atoms with Gasteiger partial charge in [0.05, 0.1) is 6.67 Å². The van der Waals surface area contributed by atoms with Gasteiger partial charge in [-0.15, -0.1) is 13.2 Å². The van der Waals surface area contributed by atoms with Gasteiger partial charge in [0.25, 0.3) is 5.91 Å². The van der Waals surface area contributed by atoms with Crippen molar-refractivity contribution in [1.29, 1.82) is 0 Å². The smallest absolute Gasteiger partial charge is 0.319 e. The van der Waals surface area contributed by atoms with Crippen LogP contribution in [0, 0.1) is 6.92 Å². The number of imide groups is 1. The van der Waals surface area contributed by atoms with Crippen LogP contribution in [0.5, 0.6) is 0 Å². The Hall–Kier alpha value is -2.40. The summed E-state index contributed by atoms with van der Waals surface area (Å²) in [7, 11) is 0. The van der Waals surface area contributed by atoms with Gasteiger partial charge < -0.3 is 5.32 Å². The van der Waals surface area contributed by atoms with Gasteiger partial charge in [-0.3, -0.25) is 9.69 Å². The molecule has 0 radical (unpaired) electrons. The maximum atomic E-state index is 12.8. The molecule has 2 rings (SSSR count). The lowest BCUT2D eigenvalue weighted by atomic mass is 9.91. The van der Waals surface area contributed by atoms with Crippen molar-refractivity contribution >= 4 is 11.9 Å². The molecule has 1 unspecified atom stereocenters. The predicted octanol–water partition coefficient (Wildman–Crippen LogP) is 2.39. The van der Waals surface area contributed by atoms with Crippen LogP contribution in [0.3, 0.4) is 0 Å². The average Bonchev–Trinajstić information content (AvgIpc) is 2.73. The number of carbonyl (C=O) groups excluding carboxylic acids is 2. The number of nitrogens with zero attached hydrogens (tertiary/aromatic N) is 2. The standard InChI is InChI=1S/C18H23N3O2/c1-5-11-20(12-6-2)13-21-16(22)18(4,19-17(21)23)15-9-7-14(3)8-10-15/h5-10H,1-2,11-13H2,3-4H3,(H,19,23). The first-order valence-electron chi connectivity index (χ1n) is 7.57. The fraction of sp³-hybridized carbons (Fsp3) is 0.333. The summed E-state index contributed by atoms with van der Waals surface area (Å²) in [6, 6.07) is 7.25. The number of carbonyl (C=O) groups is 2. The molecule has 5 nitrogen and oxygen atoms in total. The second-order valence-corrected chi connectivity index (χ2v) is 5.91. The van der Waals surface area contributed by atoms with E-state index in [1.807, 2.05) is 36.1 Å². The molecule has 0 aliphatic carbocycles. The molecule has 0 bridgehead atoms. The largest absolute Gasteiger partial charge is 0.326 e. The summed E-state index contributed by atoms with van der Waals surface area (Å²) in [6.45, 7) is 12.5. The molecule has 122 valence electrons. The summed E-state index contributed by atoms with van der Waals surface area (Å²) in [6.07, 6.45) is 3.47. The Balaban J connectivity index is 2.23. The second kappa shape index (κ2) is 6.79. The molecule has 23 heavy (non-hydrogen) atoms. The quantitative estimate of drug-likeness (QED) is 0.621. The van der Waals surface area contributed by atoms with Crippen LogP contribution in [0.2, 0.25) is 0 Å². The third kappa shape index (κ3) is 3.35. The molecular weight excluding hydrogens is 290 g/mol. The van der Waals surface area contributed by atoms with Crippen LogP contribution in [0.1, 0.15) is 18.1 Å². The van der Waals surface area contributed by atoms with E-state index in [-0.39, 0.29) is 18.6 Å². The highest BCUT2D eigenvalue weighted by Crippen LogP contribution is 2.29. The van der Waals surface area contributed by atoms with Gasteiger partial charge in [0.15, 0.2) is 0 Å². The summed E-state index contributed by atoms with van der Waals surface area (Å²) >= 11 is 0. The lowest BCUT2D eigenvalue weighted by Gasteiger charge is -2.25. The third-order valence-electron chi connectivity index (χ3n) is 4.02. The van der Waals surface area contributed by atoms with E-state index in [1.54, 1.807) is 19.1 Å². The fourth-order valence-corrected chi connectivity index (χ4v) is 2.66. The number of amides is 3. The Morgan fingerprint density at radius 3 is 2.26 bits per heavy atom. The Morgan fingerprint density at radius 2 is 1.74 bits per heavy atom. The number of rotatable bonds is 7. The van der Waals surface area contributed by atoms with Gasteiger partial charge >= 0.3 is 6.03 Å². The van der Waals surface area contributed by atoms with E-state index in [4.69, 9.17) is 0 Å². The zero-order valence-electron chi connectivity index (χ0n) is 13.7. The minimum atomic E-state index is -1.03. The minimum absolute atomic E-state index is 0.212. The zero-order chi connectivity index (χ0) is 17.0. The van der Waals surface area contributed by atoms with Crippen LogP contribution in [0.15, 0.2) is 49.6 Å². The van der Waals surface area contributed by atoms with Crippen LogP contribution in [-0.4, -0.2) is 41.5 Å². The van der Waals surface area contributed by atoms with Crippen molar-refractivity contribution < 1.29 is 9.59 Å². The fourth-order valence-electron chi connectivity index (χ4n) is 2.66. The van der Waals surface area contributed by atoms with E-state index in [0.717, 1.165) is 11.1 Å². The molecule has 1 fully saturated rings. The number of urea groups is 1. The van der Waals surface area contributed by atoms with Gasteiger partial charge in [0.1, 0.15) is 5.54 Å². The first-order valence-corrected chi connectivity index (χ1v) is 7.57. The number of nitrogens with one attached hydrogen (secondary N) is 1.